The van der Waals surface area contributed by atoms with E-state index in [1.807, 2.05) is 6.07 Å². The lowest BCUT2D eigenvalue weighted by Gasteiger charge is -2.31. The number of piperidine rings is 1. The van der Waals surface area contributed by atoms with Gasteiger partial charge in [-0.15, -0.1) is 0 Å². The summed E-state index contributed by atoms with van der Waals surface area (Å²) in [5.74, 6) is 1.38. The SMILES string of the molecule is CCN1CCC(Cn2c(N)nc3cccc(C)c32)CC1. The predicted octanol–water partition coefficient (Wildman–Crippen LogP) is 2.66. The van der Waals surface area contributed by atoms with Crippen LogP contribution in [0.25, 0.3) is 11.0 Å². The van der Waals surface area contributed by atoms with Crippen molar-refractivity contribution >= 4 is 17.0 Å². The number of nitrogens with zero attached hydrogens (tertiary/aromatic N) is 3. The highest BCUT2D eigenvalue weighted by Gasteiger charge is 2.20. The molecule has 3 rings (SSSR count). The topological polar surface area (TPSA) is 47.1 Å². The maximum absolute atomic E-state index is 6.13. The Balaban J connectivity index is 1.83. The van der Waals surface area contributed by atoms with Crippen LogP contribution in [0.4, 0.5) is 5.95 Å². The van der Waals surface area contributed by atoms with Crippen LogP contribution in [0.3, 0.4) is 0 Å². The van der Waals surface area contributed by atoms with Crippen LogP contribution >= 0.6 is 0 Å². The number of fused-ring (bicyclic) bond motifs is 1. The fourth-order valence-corrected chi connectivity index (χ4v) is 3.31. The zero-order valence-corrected chi connectivity index (χ0v) is 12.5. The summed E-state index contributed by atoms with van der Waals surface area (Å²) in [6, 6.07) is 6.24. The Morgan fingerprint density at radius 1 is 1.30 bits per heavy atom. The van der Waals surface area contributed by atoms with E-state index in [4.69, 9.17) is 5.73 Å². The van der Waals surface area contributed by atoms with Crippen molar-refractivity contribution in [1.29, 1.82) is 0 Å². The lowest BCUT2D eigenvalue weighted by Crippen LogP contribution is -2.34. The van der Waals surface area contributed by atoms with Crippen molar-refractivity contribution in [2.45, 2.75) is 33.2 Å². The average Bonchev–Trinajstić information content (AvgIpc) is 2.77. The number of imidazole rings is 1. The number of aryl methyl sites for hydroxylation is 1. The second-order valence-corrected chi connectivity index (χ2v) is 5.90. The zero-order valence-electron chi connectivity index (χ0n) is 12.5. The predicted molar refractivity (Wildman–Crippen MR) is 83.7 cm³/mol. The quantitative estimate of drug-likeness (QED) is 0.934. The van der Waals surface area contributed by atoms with Crippen molar-refractivity contribution in [1.82, 2.24) is 14.5 Å². The van der Waals surface area contributed by atoms with E-state index in [2.05, 4.69) is 40.4 Å². The van der Waals surface area contributed by atoms with Gasteiger partial charge in [0.1, 0.15) is 0 Å². The van der Waals surface area contributed by atoms with Crippen molar-refractivity contribution < 1.29 is 0 Å². The summed E-state index contributed by atoms with van der Waals surface area (Å²) >= 11 is 0. The maximum atomic E-state index is 6.13. The lowest BCUT2D eigenvalue weighted by molar-refractivity contribution is 0.182. The first-order valence-electron chi connectivity index (χ1n) is 7.62. The molecule has 0 atom stereocenters. The number of benzene rings is 1. The molecule has 1 fully saturated rings. The molecule has 1 saturated heterocycles. The Bertz CT molecular complexity index is 594. The minimum absolute atomic E-state index is 0.659. The van der Waals surface area contributed by atoms with E-state index in [9.17, 15) is 0 Å². The summed E-state index contributed by atoms with van der Waals surface area (Å²) in [5, 5.41) is 0. The second kappa shape index (κ2) is 5.44. The first-order chi connectivity index (χ1) is 9.69. The fourth-order valence-electron chi connectivity index (χ4n) is 3.31. The molecule has 0 unspecified atom stereocenters. The smallest absolute Gasteiger partial charge is 0.201 e. The summed E-state index contributed by atoms with van der Waals surface area (Å²) in [5.41, 5.74) is 9.63. The number of rotatable bonds is 3. The Morgan fingerprint density at radius 3 is 2.75 bits per heavy atom. The normalized spacial score (nSPS) is 17.9. The molecular weight excluding hydrogens is 248 g/mol. The van der Waals surface area contributed by atoms with Gasteiger partial charge in [0, 0.05) is 6.54 Å². The molecule has 1 aromatic carbocycles. The highest BCUT2D eigenvalue weighted by molar-refractivity contribution is 5.81. The fraction of sp³-hybridized carbons (Fsp3) is 0.562. The minimum atomic E-state index is 0.659. The highest BCUT2D eigenvalue weighted by Crippen LogP contribution is 2.26. The Kier molecular flexibility index (Phi) is 3.66. The van der Waals surface area contributed by atoms with Gasteiger partial charge in [-0.3, -0.25) is 0 Å². The molecule has 0 amide bonds. The molecule has 0 aliphatic carbocycles. The summed E-state index contributed by atoms with van der Waals surface area (Å²) in [6.45, 7) is 8.98. The van der Waals surface area contributed by atoms with Crippen molar-refractivity contribution in [2.75, 3.05) is 25.4 Å². The van der Waals surface area contributed by atoms with Crippen molar-refractivity contribution in [2.24, 2.45) is 5.92 Å². The molecule has 1 aromatic heterocycles. The van der Waals surface area contributed by atoms with Crippen molar-refractivity contribution in [3.05, 3.63) is 23.8 Å². The van der Waals surface area contributed by atoms with Crippen LogP contribution < -0.4 is 5.73 Å². The molecule has 0 bridgehead atoms. The summed E-state index contributed by atoms with van der Waals surface area (Å²) in [4.78, 5) is 7.03. The van der Waals surface area contributed by atoms with Gasteiger partial charge in [0.25, 0.3) is 0 Å². The molecule has 2 N–H and O–H groups in total. The Labute approximate surface area is 120 Å². The van der Waals surface area contributed by atoms with Crippen molar-refractivity contribution in [3.63, 3.8) is 0 Å². The molecule has 20 heavy (non-hydrogen) atoms. The largest absolute Gasteiger partial charge is 0.369 e. The van der Waals surface area contributed by atoms with Gasteiger partial charge in [-0.25, -0.2) is 4.98 Å². The van der Waals surface area contributed by atoms with Crippen LogP contribution in [0.15, 0.2) is 18.2 Å². The van der Waals surface area contributed by atoms with E-state index in [1.54, 1.807) is 0 Å². The van der Waals surface area contributed by atoms with Crippen LogP contribution in [0.2, 0.25) is 0 Å². The van der Waals surface area contributed by atoms with E-state index in [0.717, 1.165) is 18.0 Å². The molecule has 2 aromatic rings. The number of hydrogen-bond acceptors (Lipinski definition) is 3. The van der Waals surface area contributed by atoms with Crippen LogP contribution in [0.1, 0.15) is 25.3 Å². The van der Waals surface area contributed by atoms with Crippen LogP contribution in [0.5, 0.6) is 0 Å². The van der Waals surface area contributed by atoms with Gasteiger partial charge < -0.3 is 15.2 Å². The number of nitrogen functional groups attached to an aromatic ring is 1. The van der Waals surface area contributed by atoms with Gasteiger partial charge in [0.15, 0.2) is 0 Å². The molecule has 1 aliphatic rings. The molecule has 4 heteroatoms. The first-order valence-corrected chi connectivity index (χ1v) is 7.62. The number of aromatic nitrogens is 2. The Hall–Kier alpha value is -1.55. The van der Waals surface area contributed by atoms with Crippen LogP contribution in [0, 0.1) is 12.8 Å². The van der Waals surface area contributed by atoms with Gasteiger partial charge in [0.05, 0.1) is 11.0 Å². The standard InChI is InChI=1S/C16H24N4/c1-3-19-9-7-13(8-10-19)11-20-15-12(2)5-4-6-14(15)18-16(20)17/h4-6,13H,3,7-11H2,1-2H3,(H2,17,18). The molecule has 0 radical (unpaired) electrons. The molecule has 0 spiro atoms. The van der Waals surface area contributed by atoms with E-state index in [-0.39, 0.29) is 0 Å². The third-order valence-electron chi connectivity index (χ3n) is 4.59. The minimum Gasteiger partial charge on any atom is -0.369 e. The monoisotopic (exact) mass is 272 g/mol. The number of anilines is 1. The number of hydrogen-bond donors (Lipinski definition) is 1. The number of likely N-dealkylation sites (tertiary alicyclic amines) is 1. The maximum Gasteiger partial charge on any atom is 0.201 e. The summed E-state index contributed by atoms with van der Waals surface area (Å²) in [7, 11) is 0. The summed E-state index contributed by atoms with van der Waals surface area (Å²) < 4.78 is 2.22. The molecule has 108 valence electrons. The number of para-hydroxylation sites is 1. The summed E-state index contributed by atoms with van der Waals surface area (Å²) in [6.07, 6.45) is 2.53. The van der Waals surface area contributed by atoms with E-state index in [1.165, 1.54) is 43.6 Å². The second-order valence-electron chi connectivity index (χ2n) is 5.90. The van der Waals surface area contributed by atoms with Crippen LogP contribution in [-0.2, 0) is 6.54 Å². The highest BCUT2D eigenvalue weighted by atomic mass is 15.2. The van der Waals surface area contributed by atoms with E-state index in [0.29, 0.717) is 5.95 Å². The Morgan fingerprint density at radius 2 is 2.05 bits per heavy atom. The van der Waals surface area contributed by atoms with Gasteiger partial charge in [-0.05, 0) is 56.9 Å². The molecule has 4 nitrogen and oxygen atoms in total. The zero-order chi connectivity index (χ0) is 14.1. The molecule has 1 aliphatic heterocycles. The van der Waals surface area contributed by atoms with Gasteiger partial charge in [-0.1, -0.05) is 19.1 Å². The van der Waals surface area contributed by atoms with Gasteiger partial charge >= 0.3 is 0 Å². The third kappa shape index (κ3) is 2.40. The van der Waals surface area contributed by atoms with E-state index < -0.39 is 0 Å². The average molecular weight is 272 g/mol. The third-order valence-corrected chi connectivity index (χ3v) is 4.59. The molecule has 0 saturated carbocycles. The molecular formula is C16H24N4. The van der Waals surface area contributed by atoms with Crippen LogP contribution in [-0.4, -0.2) is 34.1 Å². The van der Waals surface area contributed by atoms with Gasteiger partial charge in [-0.2, -0.15) is 0 Å². The van der Waals surface area contributed by atoms with E-state index >= 15 is 0 Å². The first kappa shape index (κ1) is 13.4. The van der Waals surface area contributed by atoms with Crippen molar-refractivity contribution in [3.8, 4) is 0 Å². The molecule has 2 heterocycles. The number of nitrogens with two attached hydrogens (primary N) is 1. The van der Waals surface area contributed by atoms with Gasteiger partial charge in [0.2, 0.25) is 5.95 Å². The lowest BCUT2D eigenvalue weighted by atomic mass is 9.96.